The highest BCUT2D eigenvalue weighted by Crippen LogP contribution is 2.07. The van der Waals surface area contributed by atoms with E-state index < -0.39 is 10.0 Å². The molecule has 6 heteroatoms. The van der Waals surface area contributed by atoms with Crippen molar-refractivity contribution in [3.05, 3.63) is 35.4 Å². The number of nitrogens with one attached hydrogen (secondary N) is 1. The molecular weight excluding hydrogens is 252 g/mol. The first kappa shape index (κ1) is 14.7. The van der Waals surface area contributed by atoms with Crippen molar-refractivity contribution in [3.63, 3.8) is 0 Å². The maximum Gasteiger partial charge on any atom is 0.224 e. The third kappa shape index (κ3) is 5.79. The molecule has 0 aromatic heterocycles. The fourth-order valence-corrected chi connectivity index (χ4v) is 2.09. The molecule has 0 unspecified atom stereocenters. The van der Waals surface area contributed by atoms with Crippen molar-refractivity contribution in [1.82, 2.24) is 5.32 Å². The molecule has 5 nitrogen and oxygen atoms in total. The van der Waals surface area contributed by atoms with Crippen LogP contribution in [0.4, 0.5) is 0 Å². The van der Waals surface area contributed by atoms with Crippen LogP contribution in [0.25, 0.3) is 0 Å². The number of amides is 1. The summed E-state index contributed by atoms with van der Waals surface area (Å²) in [7, 11) is -3.44. The first-order valence-electron chi connectivity index (χ1n) is 5.70. The van der Waals surface area contributed by atoms with E-state index in [9.17, 15) is 13.2 Å². The van der Waals surface area contributed by atoms with Gasteiger partial charge < -0.3 is 5.32 Å². The van der Waals surface area contributed by atoms with E-state index >= 15 is 0 Å². The number of carbonyl (C=O) groups excluding carboxylic acids is 1. The smallest absolute Gasteiger partial charge is 0.224 e. The Hall–Kier alpha value is -1.40. The molecule has 0 aliphatic rings. The van der Waals surface area contributed by atoms with Crippen LogP contribution in [-0.2, 0) is 21.2 Å². The standard InChI is InChI=1S/C12H18N2O3S/c1-10-5-2-3-6-11(10)9-12(15)14-7-4-8-18(13,16)17/h2-3,5-6H,4,7-9H2,1H3,(H,14,15)(H2,13,16,17). The first-order chi connectivity index (χ1) is 8.38. The molecule has 0 saturated heterocycles. The van der Waals surface area contributed by atoms with Gasteiger partial charge in [0, 0.05) is 6.54 Å². The number of rotatable bonds is 6. The summed E-state index contributed by atoms with van der Waals surface area (Å²) < 4.78 is 21.4. The lowest BCUT2D eigenvalue weighted by molar-refractivity contribution is -0.120. The highest BCUT2D eigenvalue weighted by atomic mass is 32.2. The molecule has 0 heterocycles. The minimum atomic E-state index is -3.44. The van der Waals surface area contributed by atoms with Gasteiger partial charge in [-0.1, -0.05) is 24.3 Å². The van der Waals surface area contributed by atoms with Crippen molar-refractivity contribution in [2.75, 3.05) is 12.3 Å². The molecule has 0 radical (unpaired) electrons. The second kappa shape index (κ2) is 6.51. The number of hydrogen-bond donors (Lipinski definition) is 2. The Balaban J connectivity index is 2.33. The highest BCUT2D eigenvalue weighted by Gasteiger charge is 2.06. The molecule has 0 fully saturated rings. The van der Waals surface area contributed by atoms with E-state index in [2.05, 4.69) is 5.32 Å². The SMILES string of the molecule is Cc1ccccc1CC(=O)NCCCS(N)(=O)=O. The maximum atomic E-state index is 11.6. The molecule has 0 atom stereocenters. The quantitative estimate of drug-likeness (QED) is 0.730. The summed E-state index contributed by atoms with van der Waals surface area (Å²) in [5.74, 6) is -0.226. The van der Waals surface area contributed by atoms with Gasteiger partial charge >= 0.3 is 0 Å². The summed E-state index contributed by atoms with van der Waals surface area (Å²) in [4.78, 5) is 11.6. The lowest BCUT2D eigenvalue weighted by Gasteiger charge is -2.06. The van der Waals surface area contributed by atoms with E-state index in [1.165, 1.54) is 0 Å². The van der Waals surface area contributed by atoms with E-state index in [0.717, 1.165) is 11.1 Å². The van der Waals surface area contributed by atoms with Crippen LogP contribution in [0, 0.1) is 6.92 Å². The Morgan fingerprint density at radius 2 is 2.00 bits per heavy atom. The highest BCUT2D eigenvalue weighted by molar-refractivity contribution is 7.89. The van der Waals surface area contributed by atoms with E-state index in [1.807, 2.05) is 31.2 Å². The van der Waals surface area contributed by atoms with Gasteiger partial charge in [-0.2, -0.15) is 0 Å². The number of carbonyl (C=O) groups is 1. The Labute approximate surface area is 107 Å². The van der Waals surface area contributed by atoms with E-state index in [-0.39, 0.29) is 11.7 Å². The molecule has 0 saturated carbocycles. The zero-order valence-electron chi connectivity index (χ0n) is 10.3. The van der Waals surface area contributed by atoms with Crippen LogP contribution >= 0.6 is 0 Å². The van der Waals surface area contributed by atoms with Crippen LogP contribution in [0.5, 0.6) is 0 Å². The van der Waals surface area contributed by atoms with Gasteiger partial charge in [0.25, 0.3) is 0 Å². The topological polar surface area (TPSA) is 89.3 Å². The minimum Gasteiger partial charge on any atom is -0.356 e. The zero-order chi connectivity index (χ0) is 13.6. The summed E-state index contributed by atoms with van der Waals surface area (Å²) in [6.07, 6.45) is 0.639. The van der Waals surface area contributed by atoms with Crippen molar-refractivity contribution in [3.8, 4) is 0 Å². The summed E-state index contributed by atoms with van der Waals surface area (Å²) in [5, 5.41) is 7.53. The van der Waals surface area contributed by atoms with Crippen LogP contribution in [0.1, 0.15) is 17.5 Å². The third-order valence-electron chi connectivity index (χ3n) is 2.54. The molecule has 100 valence electrons. The monoisotopic (exact) mass is 270 g/mol. The molecule has 1 aromatic carbocycles. The van der Waals surface area contributed by atoms with Crippen LogP contribution in [0.2, 0.25) is 0 Å². The van der Waals surface area contributed by atoms with Gasteiger partial charge in [-0.3, -0.25) is 4.79 Å². The normalized spacial score (nSPS) is 11.2. The van der Waals surface area contributed by atoms with Gasteiger partial charge in [0.2, 0.25) is 15.9 Å². The lowest BCUT2D eigenvalue weighted by atomic mass is 10.1. The minimum absolute atomic E-state index is 0.112. The maximum absolute atomic E-state index is 11.6. The second-order valence-electron chi connectivity index (χ2n) is 4.17. The number of sulfonamides is 1. The number of benzene rings is 1. The van der Waals surface area contributed by atoms with Gasteiger partial charge in [0.1, 0.15) is 0 Å². The molecular formula is C12H18N2O3S. The fourth-order valence-electron chi connectivity index (χ4n) is 1.55. The lowest BCUT2D eigenvalue weighted by Crippen LogP contribution is -2.28. The fraction of sp³-hybridized carbons (Fsp3) is 0.417. The molecule has 1 aromatic rings. The van der Waals surface area contributed by atoms with Crippen molar-refractivity contribution >= 4 is 15.9 Å². The van der Waals surface area contributed by atoms with Gasteiger partial charge in [-0.05, 0) is 24.5 Å². The summed E-state index contributed by atoms with van der Waals surface area (Å²) >= 11 is 0. The average molecular weight is 270 g/mol. The van der Waals surface area contributed by atoms with Crippen LogP contribution in [0.3, 0.4) is 0 Å². The van der Waals surface area contributed by atoms with Gasteiger partial charge in [-0.25, -0.2) is 13.6 Å². The van der Waals surface area contributed by atoms with E-state index in [0.29, 0.717) is 19.4 Å². The van der Waals surface area contributed by atoms with E-state index in [1.54, 1.807) is 0 Å². The predicted octanol–water partition coefficient (Wildman–Crippen LogP) is 0.332. The Morgan fingerprint density at radius 1 is 1.33 bits per heavy atom. The average Bonchev–Trinajstić information content (AvgIpc) is 2.26. The molecule has 1 amide bonds. The van der Waals surface area contributed by atoms with E-state index in [4.69, 9.17) is 5.14 Å². The molecule has 0 spiro atoms. The van der Waals surface area contributed by atoms with Crippen LogP contribution in [-0.4, -0.2) is 26.6 Å². The molecule has 0 aliphatic heterocycles. The van der Waals surface area contributed by atoms with Gasteiger partial charge in [0.05, 0.1) is 12.2 Å². The Bertz CT molecular complexity index is 512. The summed E-state index contributed by atoms with van der Waals surface area (Å²) in [5.41, 5.74) is 2.04. The predicted molar refractivity (Wildman–Crippen MR) is 70.5 cm³/mol. The molecule has 18 heavy (non-hydrogen) atoms. The molecule has 3 N–H and O–H groups in total. The number of aryl methyl sites for hydroxylation is 1. The van der Waals surface area contributed by atoms with Crippen LogP contribution in [0.15, 0.2) is 24.3 Å². The largest absolute Gasteiger partial charge is 0.356 e. The van der Waals surface area contributed by atoms with Crippen molar-refractivity contribution in [1.29, 1.82) is 0 Å². The third-order valence-corrected chi connectivity index (χ3v) is 3.40. The molecule has 0 aliphatic carbocycles. The van der Waals surface area contributed by atoms with Crippen molar-refractivity contribution in [2.24, 2.45) is 5.14 Å². The molecule has 1 rings (SSSR count). The molecule has 0 bridgehead atoms. The number of hydrogen-bond acceptors (Lipinski definition) is 3. The van der Waals surface area contributed by atoms with Gasteiger partial charge in [0.15, 0.2) is 0 Å². The van der Waals surface area contributed by atoms with Gasteiger partial charge in [-0.15, -0.1) is 0 Å². The zero-order valence-corrected chi connectivity index (χ0v) is 11.2. The van der Waals surface area contributed by atoms with Crippen LogP contribution < -0.4 is 10.5 Å². The Morgan fingerprint density at radius 3 is 2.61 bits per heavy atom. The summed E-state index contributed by atoms with van der Waals surface area (Å²) in [6.45, 7) is 2.27. The summed E-state index contributed by atoms with van der Waals surface area (Å²) in [6, 6.07) is 7.66. The number of primary sulfonamides is 1. The van der Waals surface area contributed by atoms with Crippen molar-refractivity contribution < 1.29 is 13.2 Å². The second-order valence-corrected chi connectivity index (χ2v) is 5.91. The number of nitrogens with two attached hydrogens (primary N) is 1. The first-order valence-corrected chi connectivity index (χ1v) is 7.42. The Kier molecular flexibility index (Phi) is 5.30. The van der Waals surface area contributed by atoms with Crippen molar-refractivity contribution in [2.45, 2.75) is 19.8 Å².